The van der Waals surface area contributed by atoms with Crippen molar-refractivity contribution < 1.29 is 0 Å². The highest BCUT2D eigenvalue weighted by molar-refractivity contribution is 7.71. The molecule has 0 fully saturated rings. The van der Waals surface area contributed by atoms with E-state index in [2.05, 4.69) is 20.2 Å². The lowest BCUT2D eigenvalue weighted by Gasteiger charge is -2.04. The number of H-pyrrole nitrogens is 2. The minimum absolute atomic E-state index is 0.462. The highest BCUT2D eigenvalue weighted by atomic mass is 32.1. The van der Waals surface area contributed by atoms with Crippen LogP contribution < -0.4 is 4.90 Å². The van der Waals surface area contributed by atoms with Gasteiger partial charge >= 0.3 is 0 Å². The molecule has 0 aromatic carbocycles. The van der Waals surface area contributed by atoms with Crippen LogP contribution in [-0.4, -0.2) is 34.3 Å². The van der Waals surface area contributed by atoms with Crippen molar-refractivity contribution in [1.82, 2.24) is 20.2 Å². The minimum atomic E-state index is 0.462. The van der Waals surface area contributed by atoms with Crippen molar-refractivity contribution in [2.45, 2.75) is 6.92 Å². The van der Waals surface area contributed by atoms with E-state index in [1.165, 1.54) is 0 Å². The summed E-state index contributed by atoms with van der Waals surface area (Å²) in [6.45, 7) is 1.96. The first kappa shape index (κ1) is 10.3. The molecule has 0 aliphatic carbocycles. The van der Waals surface area contributed by atoms with Crippen molar-refractivity contribution in [2.75, 3.05) is 19.0 Å². The van der Waals surface area contributed by atoms with Crippen LogP contribution in [0.4, 0.5) is 5.13 Å². The lowest BCUT2D eigenvalue weighted by molar-refractivity contribution is 1.07. The Hall–Kier alpha value is -1.21. The van der Waals surface area contributed by atoms with Gasteiger partial charge in [0.1, 0.15) is 0 Å². The fraction of sp³-hybridized carbons (Fsp3) is 0.375. The van der Waals surface area contributed by atoms with E-state index in [0.29, 0.717) is 4.77 Å². The SMILES string of the molecule is Cc1nc(N(C)C)sc1-c1nc(=S)[nH][nH]1. The summed E-state index contributed by atoms with van der Waals surface area (Å²) in [5, 5.41) is 6.67. The van der Waals surface area contributed by atoms with E-state index in [9.17, 15) is 0 Å². The Morgan fingerprint density at radius 1 is 1.27 bits per heavy atom. The molecule has 0 bridgehead atoms. The molecule has 2 rings (SSSR count). The van der Waals surface area contributed by atoms with E-state index in [4.69, 9.17) is 12.2 Å². The van der Waals surface area contributed by atoms with Crippen molar-refractivity contribution in [2.24, 2.45) is 0 Å². The molecule has 0 aliphatic rings. The van der Waals surface area contributed by atoms with Crippen LogP contribution >= 0.6 is 23.6 Å². The summed E-state index contributed by atoms with van der Waals surface area (Å²) in [5.41, 5.74) is 0.960. The molecule has 0 saturated heterocycles. The quantitative estimate of drug-likeness (QED) is 0.789. The summed E-state index contributed by atoms with van der Waals surface area (Å²) in [7, 11) is 3.93. The molecule has 0 aliphatic heterocycles. The van der Waals surface area contributed by atoms with E-state index < -0.39 is 0 Å². The number of rotatable bonds is 2. The molecular weight excluding hydrogens is 230 g/mol. The molecule has 0 radical (unpaired) electrons. The molecule has 2 aromatic heterocycles. The highest BCUT2D eigenvalue weighted by Crippen LogP contribution is 2.31. The van der Waals surface area contributed by atoms with Crippen LogP contribution in [0.25, 0.3) is 10.7 Å². The molecule has 7 heteroatoms. The van der Waals surface area contributed by atoms with Crippen molar-refractivity contribution >= 4 is 28.7 Å². The molecule has 0 atom stereocenters. The van der Waals surface area contributed by atoms with Gasteiger partial charge in [-0.1, -0.05) is 11.3 Å². The summed E-state index contributed by atoms with van der Waals surface area (Å²) in [4.78, 5) is 11.6. The zero-order valence-electron chi connectivity index (χ0n) is 8.66. The number of hydrogen-bond acceptors (Lipinski definition) is 5. The number of aromatic amines is 2. The fourth-order valence-electron chi connectivity index (χ4n) is 1.17. The van der Waals surface area contributed by atoms with Gasteiger partial charge < -0.3 is 4.90 Å². The van der Waals surface area contributed by atoms with Gasteiger partial charge in [0.15, 0.2) is 11.0 Å². The topological polar surface area (TPSA) is 60.6 Å². The molecule has 2 aromatic rings. The normalized spacial score (nSPS) is 10.6. The molecule has 0 unspecified atom stereocenters. The summed E-state index contributed by atoms with van der Waals surface area (Å²) in [6, 6.07) is 0. The van der Waals surface area contributed by atoms with Crippen molar-refractivity contribution in [3.05, 3.63) is 10.5 Å². The number of hydrogen-bond donors (Lipinski definition) is 2. The Morgan fingerprint density at radius 3 is 2.47 bits per heavy atom. The van der Waals surface area contributed by atoms with Crippen LogP contribution in [0.5, 0.6) is 0 Å². The van der Waals surface area contributed by atoms with Gasteiger partial charge in [0, 0.05) is 14.1 Å². The number of nitrogens with zero attached hydrogens (tertiary/aromatic N) is 3. The van der Waals surface area contributed by atoms with Gasteiger partial charge in [-0.05, 0) is 19.1 Å². The Labute approximate surface area is 96.2 Å². The Morgan fingerprint density at radius 2 is 2.00 bits per heavy atom. The van der Waals surface area contributed by atoms with Crippen LogP contribution in [0.1, 0.15) is 5.69 Å². The molecule has 15 heavy (non-hydrogen) atoms. The van der Waals surface area contributed by atoms with E-state index in [0.717, 1.165) is 21.5 Å². The summed E-state index contributed by atoms with van der Waals surface area (Å²) < 4.78 is 0.462. The minimum Gasteiger partial charge on any atom is -0.354 e. The first-order valence-corrected chi connectivity index (χ1v) is 5.60. The van der Waals surface area contributed by atoms with E-state index in [1.807, 2.05) is 25.9 Å². The average Bonchev–Trinajstić information content (AvgIpc) is 2.71. The second-order valence-corrected chi connectivity index (χ2v) is 4.69. The third-order valence-corrected chi connectivity index (χ3v) is 3.41. The smallest absolute Gasteiger partial charge is 0.213 e. The second kappa shape index (κ2) is 3.74. The molecule has 2 N–H and O–H groups in total. The van der Waals surface area contributed by atoms with Crippen LogP contribution in [0.2, 0.25) is 0 Å². The lowest BCUT2D eigenvalue weighted by atomic mass is 10.4. The predicted molar refractivity (Wildman–Crippen MR) is 63.9 cm³/mol. The Bertz CT molecular complexity index is 521. The van der Waals surface area contributed by atoms with Crippen LogP contribution in [-0.2, 0) is 0 Å². The summed E-state index contributed by atoms with van der Waals surface area (Å²) in [5.74, 6) is 0.753. The van der Waals surface area contributed by atoms with Gasteiger partial charge in [0.05, 0.1) is 10.6 Å². The first-order valence-electron chi connectivity index (χ1n) is 4.37. The van der Waals surface area contributed by atoms with Crippen molar-refractivity contribution in [3.63, 3.8) is 0 Å². The Balaban J connectivity index is 2.49. The van der Waals surface area contributed by atoms with Gasteiger partial charge in [0.2, 0.25) is 4.77 Å². The van der Waals surface area contributed by atoms with Crippen LogP contribution in [0, 0.1) is 11.7 Å². The third-order valence-electron chi connectivity index (χ3n) is 1.88. The number of nitrogens with one attached hydrogen (secondary N) is 2. The number of aryl methyl sites for hydroxylation is 1. The van der Waals surface area contributed by atoms with E-state index in [-0.39, 0.29) is 0 Å². The zero-order valence-corrected chi connectivity index (χ0v) is 10.3. The molecular formula is C8H11N5S2. The fourth-order valence-corrected chi connectivity index (χ4v) is 2.25. The third kappa shape index (κ3) is 1.93. The van der Waals surface area contributed by atoms with Gasteiger partial charge in [-0.25, -0.2) is 4.98 Å². The Kier molecular flexibility index (Phi) is 2.57. The van der Waals surface area contributed by atoms with E-state index in [1.54, 1.807) is 11.3 Å². The van der Waals surface area contributed by atoms with Crippen LogP contribution in [0.15, 0.2) is 0 Å². The largest absolute Gasteiger partial charge is 0.354 e. The monoisotopic (exact) mass is 241 g/mol. The number of aromatic nitrogens is 4. The molecule has 80 valence electrons. The van der Waals surface area contributed by atoms with Gasteiger partial charge in [0.25, 0.3) is 0 Å². The van der Waals surface area contributed by atoms with Crippen LogP contribution in [0.3, 0.4) is 0 Å². The highest BCUT2D eigenvalue weighted by Gasteiger charge is 2.12. The van der Waals surface area contributed by atoms with Crippen molar-refractivity contribution in [1.29, 1.82) is 0 Å². The molecule has 0 spiro atoms. The van der Waals surface area contributed by atoms with Gasteiger partial charge in [-0.3, -0.25) is 10.2 Å². The maximum Gasteiger partial charge on any atom is 0.213 e. The number of anilines is 1. The standard InChI is InChI=1S/C8H11N5S2/c1-4-5(6-10-7(14)12-11-6)15-8(9-4)13(2)3/h1-3H3,(H2,10,11,12,14). The first-order chi connectivity index (χ1) is 7.08. The predicted octanol–water partition coefficient (Wildman–Crippen LogP) is 1.97. The zero-order chi connectivity index (χ0) is 11.0. The average molecular weight is 241 g/mol. The van der Waals surface area contributed by atoms with E-state index >= 15 is 0 Å². The molecule has 0 amide bonds. The molecule has 2 heterocycles. The molecule has 0 saturated carbocycles. The van der Waals surface area contributed by atoms with Crippen molar-refractivity contribution in [3.8, 4) is 10.7 Å². The van der Waals surface area contributed by atoms with Gasteiger partial charge in [-0.15, -0.1) is 0 Å². The summed E-state index contributed by atoms with van der Waals surface area (Å²) in [6.07, 6.45) is 0. The van der Waals surface area contributed by atoms with Gasteiger partial charge in [-0.2, -0.15) is 4.98 Å². The second-order valence-electron chi connectivity index (χ2n) is 3.32. The molecule has 5 nitrogen and oxygen atoms in total. The number of thiazole rings is 1. The summed E-state index contributed by atoms with van der Waals surface area (Å²) >= 11 is 6.50. The maximum atomic E-state index is 4.91. The lowest BCUT2D eigenvalue weighted by Crippen LogP contribution is -2.07. The maximum absolute atomic E-state index is 4.91.